The van der Waals surface area contributed by atoms with Crippen molar-refractivity contribution in [2.24, 2.45) is 0 Å². The number of nitrogens with zero attached hydrogens (tertiary/aromatic N) is 2. The van der Waals surface area contributed by atoms with Gasteiger partial charge in [0.2, 0.25) is 0 Å². The minimum absolute atomic E-state index is 0.163. The molecule has 2 amide bonds. The summed E-state index contributed by atoms with van der Waals surface area (Å²) in [5, 5.41) is 0.516. The van der Waals surface area contributed by atoms with E-state index in [-0.39, 0.29) is 5.69 Å². The molecule has 2 aromatic rings. The molecule has 126 valence electrons. The van der Waals surface area contributed by atoms with E-state index in [1.807, 2.05) is 0 Å². The molecule has 0 aliphatic carbocycles. The fraction of sp³-hybridized carbons (Fsp3) is 0.200. The Morgan fingerprint density at radius 2 is 1.83 bits per heavy atom. The van der Waals surface area contributed by atoms with Crippen LogP contribution in [0.15, 0.2) is 44.6 Å². The maximum Gasteiger partial charge on any atom is 0.289 e. The SMILES string of the molecule is CCCSc1ncc(Br)c(C(=O)NNC(=O)c2ccccc2Br)n1. The van der Waals surface area contributed by atoms with Crippen LogP contribution in [0.1, 0.15) is 34.2 Å². The fourth-order valence-electron chi connectivity index (χ4n) is 1.66. The molecule has 0 saturated carbocycles. The lowest BCUT2D eigenvalue weighted by molar-refractivity contribution is 0.0842. The molecule has 0 atom stereocenters. The Hall–Kier alpha value is -1.45. The number of hydrogen-bond donors (Lipinski definition) is 2. The first-order chi connectivity index (χ1) is 11.5. The lowest BCUT2D eigenvalue weighted by Gasteiger charge is -2.09. The predicted octanol–water partition coefficient (Wildman–Crippen LogP) is 3.58. The van der Waals surface area contributed by atoms with Crippen LogP contribution in [0.4, 0.5) is 0 Å². The molecule has 0 saturated heterocycles. The fourth-order valence-corrected chi connectivity index (χ4v) is 3.16. The quantitative estimate of drug-likeness (QED) is 0.394. The minimum atomic E-state index is -0.525. The number of hydrazine groups is 1. The molecule has 0 aliphatic heterocycles. The normalized spacial score (nSPS) is 10.3. The highest BCUT2D eigenvalue weighted by atomic mass is 79.9. The standard InChI is InChI=1S/C15H14Br2N4O2S/c1-2-7-24-15-18-8-11(17)12(19-15)14(23)21-20-13(22)9-5-3-4-6-10(9)16/h3-6,8H,2,7H2,1H3,(H,20,22)(H,21,23). The number of halogens is 2. The topological polar surface area (TPSA) is 84.0 Å². The van der Waals surface area contributed by atoms with Crippen LogP contribution in [-0.2, 0) is 0 Å². The highest BCUT2D eigenvalue weighted by Gasteiger charge is 2.16. The van der Waals surface area contributed by atoms with Crippen LogP contribution in [0.2, 0.25) is 0 Å². The van der Waals surface area contributed by atoms with Crippen LogP contribution >= 0.6 is 43.6 Å². The van der Waals surface area contributed by atoms with Crippen LogP contribution in [-0.4, -0.2) is 27.5 Å². The molecule has 1 heterocycles. The molecule has 0 fully saturated rings. The smallest absolute Gasteiger partial charge is 0.267 e. The van der Waals surface area contributed by atoms with Gasteiger partial charge < -0.3 is 0 Å². The zero-order chi connectivity index (χ0) is 17.5. The summed E-state index contributed by atoms with van der Waals surface area (Å²) in [5.74, 6) is -0.0915. The van der Waals surface area contributed by atoms with E-state index in [2.05, 4.69) is 59.6 Å². The van der Waals surface area contributed by atoms with Crippen LogP contribution in [0.5, 0.6) is 0 Å². The summed E-state index contributed by atoms with van der Waals surface area (Å²) in [7, 11) is 0. The first-order valence-corrected chi connectivity index (χ1v) is 9.60. The number of nitrogens with one attached hydrogen (secondary N) is 2. The molecule has 2 N–H and O–H groups in total. The van der Waals surface area contributed by atoms with Crippen molar-refractivity contribution in [1.82, 2.24) is 20.8 Å². The van der Waals surface area contributed by atoms with Crippen molar-refractivity contribution in [2.45, 2.75) is 18.5 Å². The number of rotatable bonds is 5. The highest BCUT2D eigenvalue weighted by molar-refractivity contribution is 9.10. The van der Waals surface area contributed by atoms with Gasteiger partial charge in [0.25, 0.3) is 11.8 Å². The van der Waals surface area contributed by atoms with Crippen LogP contribution in [0, 0.1) is 0 Å². The Labute approximate surface area is 160 Å². The Morgan fingerprint density at radius 1 is 1.12 bits per heavy atom. The predicted molar refractivity (Wildman–Crippen MR) is 99.8 cm³/mol. The Balaban J connectivity index is 2.04. The zero-order valence-corrected chi connectivity index (χ0v) is 16.7. The number of carbonyl (C=O) groups is 2. The Kier molecular flexibility index (Phi) is 7.19. The van der Waals surface area contributed by atoms with Gasteiger partial charge in [-0.25, -0.2) is 9.97 Å². The third-order valence-electron chi connectivity index (χ3n) is 2.78. The van der Waals surface area contributed by atoms with Gasteiger partial charge in [0, 0.05) is 16.4 Å². The second-order valence-electron chi connectivity index (χ2n) is 4.59. The van der Waals surface area contributed by atoms with E-state index in [0.717, 1.165) is 12.2 Å². The number of aromatic nitrogens is 2. The Bertz CT molecular complexity index is 758. The molecule has 0 bridgehead atoms. The van der Waals surface area contributed by atoms with E-state index in [1.54, 1.807) is 24.3 Å². The van der Waals surface area contributed by atoms with Gasteiger partial charge in [0.15, 0.2) is 5.16 Å². The third kappa shape index (κ3) is 5.02. The van der Waals surface area contributed by atoms with Crippen LogP contribution in [0.25, 0.3) is 0 Å². The maximum absolute atomic E-state index is 12.2. The molecule has 0 unspecified atom stereocenters. The van der Waals surface area contributed by atoms with E-state index in [0.29, 0.717) is 19.7 Å². The van der Waals surface area contributed by atoms with E-state index in [9.17, 15) is 9.59 Å². The van der Waals surface area contributed by atoms with E-state index < -0.39 is 11.8 Å². The summed E-state index contributed by atoms with van der Waals surface area (Å²) in [6.07, 6.45) is 2.50. The van der Waals surface area contributed by atoms with Gasteiger partial charge in [0.1, 0.15) is 5.69 Å². The lowest BCUT2D eigenvalue weighted by Crippen LogP contribution is -2.42. The highest BCUT2D eigenvalue weighted by Crippen LogP contribution is 2.19. The van der Waals surface area contributed by atoms with Crippen molar-refractivity contribution in [1.29, 1.82) is 0 Å². The van der Waals surface area contributed by atoms with Gasteiger partial charge in [-0.1, -0.05) is 30.8 Å². The molecule has 0 aliphatic rings. The Morgan fingerprint density at radius 3 is 2.54 bits per heavy atom. The molecular formula is C15H14Br2N4O2S. The molecule has 1 aromatic heterocycles. The number of carbonyl (C=O) groups excluding carboxylic acids is 2. The summed E-state index contributed by atoms with van der Waals surface area (Å²) in [5.41, 5.74) is 5.31. The summed E-state index contributed by atoms with van der Waals surface area (Å²) in [6, 6.07) is 6.92. The molecule has 24 heavy (non-hydrogen) atoms. The lowest BCUT2D eigenvalue weighted by atomic mass is 10.2. The van der Waals surface area contributed by atoms with Crippen molar-refractivity contribution in [3.63, 3.8) is 0 Å². The van der Waals surface area contributed by atoms with Gasteiger partial charge >= 0.3 is 0 Å². The number of thioether (sulfide) groups is 1. The van der Waals surface area contributed by atoms with Gasteiger partial charge in [-0.3, -0.25) is 20.4 Å². The summed E-state index contributed by atoms with van der Waals surface area (Å²) >= 11 is 8.00. The second-order valence-corrected chi connectivity index (χ2v) is 7.36. The second kappa shape index (κ2) is 9.14. The van der Waals surface area contributed by atoms with Gasteiger partial charge in [0.05, 0.1) is 10.0 Å². The van der Waals surface area contributed by atoms with E-state index >= 15 is 0 Å². The molecule has 0 spiro atoms. The van der Waals surface area contributed by atoms with Gasteiger partial charge in [-0.2, -0.15) is 0 Å². The van der Waals surface area contributed by atoms with Crippen molar-refractivity contribution in [3.8, 4) is 0 Å². The molecular weight excluding hydrogens is 460 g/mol. The summed E-state index contributed by atoms with van der Waals surface area (Å²) in [6.45, 7) is 2.05. The summed E-state index contributed by atoms with van der Waals surface area (Å²) < 4.78 is 1.09. The largest absolute Gasteiger partial charge is 0.289 e. The van der Waals surface area contributed by atoms with Crippen molar-refractivity contribution in [2.75, 3.05) is 5.75 Å². The van der Waals surface area contributed by atoms with E-state index in [4.69, 9.17) is 0 Å². The molecule has 9 heteroatoms. The molecule has 6 nitrogen and oxygen atoms in total. The molecule has 0 radical (unpaired) electrons. The zero-order valence-electron chi connectivity index (χ0n) is 12.7. The first-order valence-electron chi connectivity index (χ1n) is 7.03. The van der Waals surface area contributed by atoms with Gasteiger partial charge in [-0.05, 0) is 50.4 Å². The van der Waals surface area contributed by atoms with Crippen LogP contribution in [0.3, 0.4) is 0 Å². The molecule has 1 aromatic carbocycles. The minimum Gasteiger partial charge on any atom is -0.267 e. The first kappa shape index (κ1) is 18.9. The third-order valence-corrected chi connectivity index (χ3v) is 5.12. The maximum atomic E-state index is 12.2. The average molecular weight is 474 g/mol. The number of hydrogen-bond acceptors (Lipinski definition) is 5. The number of amides is 2. The molecule has 2 rings (SSSR count). The monoisotopic (exact) mass is 472 g/mol. The van der Waals surface area contributed by atoms with Gasteiger partial charge in [-0.15, -0.1) is 0 Å². The van der Waals surface area contributed by atoms with E-state index in [1.165, 1.54) is 18.0 Å². The van der Waals surface area contributed by atoms with Crippen LogP contribution < -0.4 is 10.9 Å². The van der Waals surface area contributed by atoms with Crippen molar-refractivity contribution >= 4 is 55.4 Å². The summed E-state index contributed by atoms with van der Waals surface area (Å²) in [4.78, 5) is 32.7. The van der Waals surface area contributed by atoms with Crippen molar-refractivity contribution in [3.05, 3.63) is 50.7 Å². The van der Waals surface area contributed by atoms with Crippen molar-refractivity contribution < 1.29 is 9.59 Å². The number of benzene rings is 1. The average Bonchev–Trinajstić information content (AvgIpc) is 2.59.